The third kappa shape index (κ3) is 10.4. The van der Waals surface area contributed by atoms with Crippen LogP contribution in [0.1, 0.15) is 61.3 Å². The molecule has 4 aliphatic heterocycles. The molecule has 2 aromatic heterocycles. The Morgan fingerprint density at radius 1 is 0.754 bits per heavy atom. The first kappa shape index (κ1) is 43.3. The van der Waals surface area contributed by atoms with Crippen LogP contribution in [-0.2, 0) is 60.3 Å². The number of hydrogen-bond acceptors (Lipinski definition) is 10. The number of carbonyl (C=O) groups is 5. The second kappa shape index (κ2) is 18.6. The Bertz CT molecular complexity index is 2200. The van der Waals surface area contributed by atoms with E-state index in [0.29, 0.717) is 51.9 Å². The van der Waals surface area contributed by atoms with Gasteiger partial charge in [0, 0.05) is 38.3 Å². The predicted molar refractivity (Wildman–Crippen MR) is 219 cm³/mol. The van der Waals surface area contributed by atoms with Gasteiger partial charge in [-0.25, -0.2) is 0 Å². The average Bonchev–Trinajstić information content (AvgIpc) is 3.98. The maximum Gasteiger partial charge on any atom is 0.394 e. The molecule has 0 bridgehead atoms. The topological polar surface area (TPSA) is 230 Å². The molecule has 0 aliphatic carbocycles. The van der Waals surface area contributed by atoms with E-state index in [0.717, 1.165) is 57.8 Å². The van der Waals surface area contributed by atoms with Crippen LogP contribution >= 0.6 is 22.7 Å². The maximum atomic E-state index is 13.3. The van der Waals surface area contributed by atoms with Crippen molar-refractivity contribution in [1.29, 1.82) is 0 Å². The van der Waals surface area contributed by atoms with Crippen molar-refractivity contribution < 1.29 is 47.0 Å². The molecule has 6 heterocycles. The van der Waals surface area contributed by atoms with Gasteiger partial charge in [0.25, 0.3) is 0 Å². The van der Waals surface area contributed by atoms with E-state index in [4.69, 9.17) is 23.3 Å². The highest BCUT2D eigenvalue weighted by atomic mass is 32.3. The van der Waals surface area contributed by atoms with Crippen LogP contribution in [0, 0.1) is 5.92 Å². The van der Waals surface area contributed by atoms with E-state index in [-0.39, 0.29) is 47.2 Å². The number of amides is 4. The summed E-state index contributed by atoms with van der Waals surface area (Å²) in [5, 5.41) is 8.07. The molecule has 0 spiro atoms. The molecule has 2 unspecified atom stereocenters. The summed E-state index contributed by atoms with van der Waals surface area (Å²) < 4.78 is 31.6. The van der Waals surface area contributed by atoms with Crippen LogP contribution < -0.4 is 25.3 Å². The van der Waals surface area contributed by atoms with Gasteiger partial charge in [-0.1, -0.05) is 24.3 Å². The molecule has 304 valence electrons. The number of benzene rings is 2. The van der Waals surface area contributed by atoms with Gasteiger partial charge >= 0.3 is 10.4 Å². The zero-order valence-corrected chi connectivity index (χ0v) is 33.7. The van der Waals surface area contributed by atoms with Gasteiger partial charge in [0.1, 0.15) is 5.78 Å². The normalized spacial score (nSPS) is 18.9. The van der Waals surface area contributed by atoms with Crippen LogP contribution in [0.25, 0.3) is 0 Å². The molecule has 4 amide bonds. The number of nitrogens with zero attached hydrogens (tertiary/aromatic N) is 4. The minimum Gasteiger partial charge on any atom is -0.412 e. The van der Waals surface area contributed by atoms with E-state index in [2.05, 4.69) is 0 Å². The zero-order chi connectivity index (χ0) is 40.1. The highest BCUT2D eigenvalue weighted by Crippen LogP contribution is 2.42. The molecule has 2 saturated heterocycles. The smallest absolute Gasteiger partial charge is 0.394 e. The van der Waals surface area contributed by atoms with Crippen LogP contribution in [0.5, 0.6) is 0 Å². The second-order valence-electron chi connectivity index (χ2n) is 14.0. The monoisotopic (exact) mass is 839 g/mol. The fourth-order valence-electron chi connectivity index (χ4n) is 7.62. The standard InChI is InChI=1S/C21H22N2O3S.C18H19N3O2S.H2O4S.H2O/c1-14(24)10-17-11-16-4-2-5-18(22-8-3-6-19(22)25)20(16)23(21(17)26)12-15-7-9-27-13-15;19-14-9-13-3-1-4-15(20-7-2-5-16(20)22)17(13)21(18(14)23)10-12-6-8-24-11-12;1-5(2,3)4;/h2,4-5,7,9,13,17H,3,6,8,10-12H2,1H3;1,3-4,6,8,11,14H,2,5,7,9-10,19H2;(H2,1,2,3,4);1H2. The average molecular weight is 840 g/mol. The van der Waals surface area contributed by atoms with E-state index in [1.54, 1.807) is 37.4 Å². The molecule has 2 atom stereocenters. The number of Topliss-reactive ketones (excluding diaryl/α,β-unsaturated/α-hetero) is 1. The number of ketones is 1. The maximum absolute atomic E-state index is 13.3. The minimum atomic E-state index is -4.67. The lowest BCUT2D eigenvalue weighted by atomic mass is 9.87. The lowest BCUT2D eigenvalue weighted by Crippen LogP contribution is -2.49. The molecule has 18 heteroatoms. The Kier molecular flexibility index (Phi) is 14.2. The third-order valence-corrected chi connectivity index (χ3v) is 11.4. The molecular weight excluding hydrogens is 795 g/mol. The van der Waals surface area contributed by atoms with Gasteiger partial charge in [-0.05, 0) is 101 Å². The minimum absolute atomic E-state index is 0. The highest BCUT2D eigenvalue weighted by Gasteiger charge is 2.38. The van der Waals surface area contributed by atoms with E-state index < -0.39 is 16.4 Å². The molecule has 6 N–H and O–H groups in total. The van der Waals surface area contributed by atoms with Crippen LogP contribution in [0.2, 0.25) is 0 Å². The number of carbonyl (C=O) groups excluding carboxylic acids is 5. The Morgan fingerprint density at radius 3 is 1.61 bits per heavy atom. The van der Waals surface area contributed by atoms with Crippen molar-refractivity contribution in [2.24, 2.45) is 11.7 Å². The fourth-order valence-corrected chi connectivity index (χ4v) is 8.94. The summed E-state index contributed by atoms with van der Waals surface area (Å²) in [6.07, 6.45) is 4.14. The van der Waals surface area contributed by atoms with Crippen molar-refractivity contribution in [1.82, 2.24) is 0 Å². The number of fused-ring (bicyclic) bond motifs is 2. The number of hydrogen-bond donors (Lipinski definition) is 3. The Morgan fingerprint density at radius 2 is 1.21 bits per heavy atom. The van der Waals surface area contributed by atoms with Crippen molar-refractivity contribution in [3.8, 4) is 0 Å². The van der Waals surface area contributed by atoms with Gasteiger partial charge in [0.05, 0.1) is 41.9 Å². The summed E-state index contributed by atoms with van der Waals surface area (Å²) in [6, 6.07) is 15.3. The molecule has 4 aliphatic rings. The second-order valence-corrected chi connectivity index (χ2v) is 16.5. The van der Waals surface area contributed by atoms with Crippen LogP contribution in [-0.4, -0.2) is 71.5 Å². The van der Waals surface area contributed by atoms with E-state index in [1.165, 1.54) is 6.92 Å². The van der Waals surface area contributed by atoms with Gasteiger partial charge in [0.15, 0.2) is 0 Å². The summed E-state index contributed by atoms with van der Waals surface area (Å²) in [7, 11) is -4.67. The molecule has 8 rings (SSSR count). The summed E-state index contributed by atoms with van der Waals surface area (Å²) in [5.74, 6) is -0.175. The number of rotatable bonds is 8. The Labute approximate surface area is 338 Å². The quantitative estimate of drug-likeness (QED) is 0.212. The van der Waals surface area contributed by atoms with Crippen molar-refractivity contribution >= 4 is 85.2 Å². The summed E-state index contributed by atoms with van der Waals surface area (Å²) >= 11 is 3.20. The summed E-state index contributed by atoms with van der Waals surface area (Å²) in [6.45, 7) is 3.88. The van der Waals surface area contributed by atoms with Crippen LogP contribution in [0.4, 0.5) is 22.7 Å². The number of thiophene rings is 2. The number of anilines is 4. The van der Waals surface area contributed by atoms with Crippen molar-refractivity contribution in [3.05, 3.63) is 92.3 Å². The highest BCUT2D eigenvalue weighted by molar-refractivity contribution is 7.79. The molecule has 2 aromatic carbocycles. The van der Waals surface area contributed by atoms with Gasteiger partial charge in [-0.2, -0.15) is 31.1 Å². The SMILES string of the molecule is CC(=O)CC1Cc2cccc(N3CCCC3=O)c2N(Cc2ccsc2)C1=O.NC1Cc2cccc(N3CCCC3=O)c2N(Cc2ccsc2)C1=O.O.O=S(=O)(O)O. The van der Waals surface area contributed by atoms with E-state index >= 15 is 0 Å². The molecular formula is C39H45N5O10S3. The van der Waals surface area contributed by atoms with Crippen LogP contribution in [0.3, 0.4) is 0 Å². The predicted octanol–water partition coefficient (Wildman–Crippen LogP) is 4.37. The van der Waals surface area contributed by atoms with E-state index in [9.17, 15) is 24.0 Å². The fraction of sp³-hybridized carbons (Fsp3) is 0.359. The van der Waals surface area contributed by atoms with Crippen molar-refractivity contribution in [2.45, 2.75) is 71.0 Å². The van der Waals surface area contributed by atoms with Crippen molar-refractivity contribution in [2.75, 3.05) is 32.7 Å². The molecule has 4 aromatic rings. The molecule has 15 nitrogen and oxygen atoms in total. The molecule has 2 fully saturated rings. The molecule has 0 saturated carbocycles. The third-order valence-electron chi connectivity index (χ3n) is 9.94. The summed E-state index contributed by atoms with van der Waals surface area (Å²) in [4.78, 5) is 69.5. The van der Waals surface area contributed by atoms with Crippen molar-refractivity contribution in [3.63, 3.8) is 0 Å². The zero-order valence-electron chi connectivity index (χ0n) is 31.2. The molecule has 0 radical (unpaired) electrons. The summed E-state index contributed by atoms with van der Waals surface area (Å²) in [5.41, 5.74) is 13.6. The lowest BCUT2D eigenvalue weighted by Gasteiger charge is -2.37. The largest absolute Gasteiger partial charge is 0.412 e. The van der Waals surface area contributed by atoms with Gasteiger partial charge in [-0.3, -0.25) is 28.3 Å². The van der Waals surface area contributed by atoms with Gasteiger partial charge in [-0.15, -0.1) is 0 Å². The van der Waals surface area contributed by atoms with Gasteiger partial charge < -0.3 is 35.6 Å². The van der Waals surface area contributed by atoms with Gasteiger partial charge in [0.2, 0.25) is 23.6 Å². The van der Waals surface area contributed by atoms with E-state index in [1.807, 2.05) is 75.0 Å². The Hall–Kier alpha value is -4.82. The first-order valence-corrected chi connectivity index (χ1v) is 21.4. The number of para-hydroxylation sites is 2. The lowest BCUT2D eigenvalue weighted by molar-refractivity contribution is -0.127. The molecule has 57 heavy (non-hydrogen) atoms. The first-order chi connectivity index (χ1) is 26.7. The Balaban J connectivity index is 0.000000193. The van der Waals surface area contributed by atoms with Crippen LogP contribution in [0.15, 0.2) is 70.1 Å². The number of nitrogens with two attached hydrogens (primary N) is 1. The first-order valence-electron chi connectivity index (χ1n) is 18.1.